The minimum atomic E-state index is -1.22. The monoisotopic (exact) mass is 292 g/mol. The molecule has 0 aromatic rings. The third-order valence-electron chi connectivity index (χ3n) is 3.12. The zero-order chi connectivity index (χ0) is 15.9. The molecule has 0 bridgehead atoms. The van der Waals surface area contributed by atoms with E-state index < -0.39 is 41.7 Å². The maximum atomic E-state index is 11.6. The van der Waals surface area contributed by atoms with E-state index in [0.29, 0.717) is 0 Å². The number of carbonyl (C=O) groups is 2. The molecule has 8 nitrogen and oxygen atoms in total. The highest BCUT2D eigenvalue weighted by Gasteiger charge is 2.34. The van der Waals surface area contributed by atoms with Crippen molar-refractivity contribution in [3.8, 4) is 0 Å². The van der Waals surface area contributed by atoms with Crippen LogP contribution in [-0.4, -0.2) is 47.9 Å². The van der Waals surface area contributed by atoms with Gasteiger partial charge in [0.15, 0.2) is 6.54 Å². The summed E-state index contributed by atoms with van der Waals surface area (Å²) in [6.45, 7) is 4.69. The number of carbonyl (C=O) groups excluding carboxylic acids is 1. The van der Waals surface area contributed by atoms with Gasteiger partial charge in [-0.1, -0.05) is 20.8 Å². The van der Waals surface area contributed by atoms with Gasteiger partial charge >= 0.3 is 5.97 Å². The van der Waals surface area contributed by atoms with Gasteiger partial charge in [-0.2, -0.15) is 0 Å². The molecule has 0 rings (SSSR count). The lowest BCUT2D eigenvalue weighted by molar-refractivity contribution is -1.04. The molecule has 0 aliphatic rings. The average Bonchev–Trinajstić information content (AvgIpc) is 2.35. The molecule has 0 aromatic heterocycles. The number of nitrogens with one attached hydrogen (secondary N) is 2. The van der Waals surface area contributed by atoms with Crippen molar-refractivity contribution >= 4 is 11.9 Å². The molecule has 8 heteroatoms. The maximum absolute atomic E-state index is 11.6. The van der Waals surface area contributed by atoms with Gasteiger partial charge in [0.2, 0.25) is 0 Å². The molecule has 0 saturated heterocycles. The number of rotatable bonds is 9. The summed E-state index contributed by atoms with van der Waals surface area (Å²) in [6.07, 6.45) is -0.980. The van der Waals surface area contributed by atoms with E-state index in [1.807, 2.05) is 0 Å². The van der Waals surface area contributed by atoms with Crippen LogP contribution >= 0.6 is 0 Å². The Kier molecular flexibility index (Phi) is 8.31. The fourth-order valence-corrected chi connectivity index (χ4v) is 1.90. The summed E-state index contributed by atoms with van der Waals surface area (Å²) in [6, 6.07) is -0.742. The van der Waals surface area contributed by atoms with E-state index in [1.54, 1.807) is 20.8 Å². The Morgan fingerprint density at radius 1 is 1.40 bits per heavy atom. The van der Waals surface area contributed by atoms with Gasteiger partial charge in [0, 0.05) is 0 Å². The average molecular weight is 292 g/mol. The fraction of sp³-hybridized carbons (Fsp3) is 0.833. The summed E-state index contributed by atoms with van der Waals surface area (Å²) in [5, 5.41) is 32.0. The molecular formula is C12H24N2O6. The number of carboxylic acid groups (broad SMARTS) is 1. The van der Waals surface area contributed by atoms with E-state index in [9.17, 15) is 19.9 Å². The Balaban J connectivity index is 4.80. The molecule has 0 aliphatic heterocycles. The molecule has 0 heterocycles. The first-order valence-corrected chi connectivity index (χ1v) is 6.51. The molecule has 4 N–H and O–H groups in total. The van der Waals surface area contributed by atoms with Gasteiger partial charge in [0.25, 0.3) is 5.91 Å². The second kappa shape index (κ2) is 8.85. The van der Waals surface area contributed by atoms with Crippen molar-refractivity contribution in [2.24, 2.45) is 11.8 Å². The number of aliphatic carboxylic acids is 1. The molecule has 1 amide bonds. The number of hydrogen-bond acceptors (Lipinski definition) is 5. The second-order valence-electron chi connectivity index (χ2n) is 4.93. The highest BCUT2D eigenvalue weighted by atomic mass is 16.9. The summed E-state index contributed by atoms with van der Waals surface area (Å²) < 4.78 is 0. The maximum Gasteiger partial charge on any atom is 0.309 e. The third kappa shape index (κ3) is 5.83. The van der Waals surface area contributed by atoms with Crippen LogP contribution in [0, 0.1) is 17.0 Å². The molecule has 4 unspecified atom stereocenters. The SMILES string of the molecule is CCC(C(=O)O)C(O)C(NC(=O)C[NH+]([O-])OC)C(C)C. The summed E-state index contributed by atoms with van der Waals surface area (Å²) in [4.78, 5) is 27.1. The molecule has 0 saturated carbocycles. The normalized spacial score (nSPS) is 17.4. The van der Waals surface area contributed by atoms with Gasteiger partial charge in [0.1, 0.15) is 0 Å². The Hall–Kier alpha value is -1.22. The van der Waals surface area contributed by atoms with Crippen molar-refractivity contribution in [3.05, 3.63) is 5.21 Å². The fourth-order valence-electron chi connectivity index (χ4n) is 1.90. The number of aliphatic hydroxyl groups excluding tert-OH is 1. The smallest absolute Gasteiger partial charge is 0.309 e. The van der Waals surface area contributed by atoms with Crippen molar-refractivity contribution in [1.29, 1.82) is 0 Å². The van der Waals surface area contributed by atoms with Crippen LogP contribution in [0.1, 0.15) is 27.2 Å². The molecule has 0 radical (unpaired) electrons. The zero-order valence-electron chi connectivity index (χ0n) is 12.3. The molecule has 0 aliphatic carbocycles. The van der Waals surface area contributed by atoms with E-state index in [1.165, 1.54) is 7.11 Å². The number of carboxylic acids is 1. The largest absolute Gasteiger partial charge is 0.599 e. The predicted octanol–water partition coefficient (Wildman–Crippen LogP) is -1.46. The zero-order valence-corrected chi connectivity index (χ0v) is 12.3. The Labute approximate surface area is 118 Å². The number of aliphatic hydroxyl groups is 1. The first kappa shape index (κ1) is 18.8. The van der Waals surface area contributed by atoms with Crippen molar-refractivity contribution in [2.75, 3.05) is 13.7 Å². The molecule has 0 fully saturated rings. The first-order valence-electron chi connectivity index (χ1n) is 6.51. The van der Waals surface area contributed by atoms with Gasteiger partial charge in [-0.3, -0.25) is 9.59 Å². The van der Waals surface area contributed by atoms with Gasteiger partial charge in [0.05, 0.1) is 25.2 Å². The van der Waals surface area contributed by atoms with Crippen molar-refractivity contribution in [3.63, 3.8) is 0 Å². The van der Waals surface area contributed by atoms with E-state index in [2.05, 4.69) is 10.2 Å². The van der Waals surface area contributed by atoms with E-state index in [-0.39, 0.29) is 12.3 Å². The van der Waals surface area contributed by atoms with E-state index in [4.69, 9.17) is 5.11 Å². The van der Waals surface area contributed by atoms with Crippen LogP contribution in [0.25, 0.3) is 0 Å². The van der Waals surface area contributed by atoms with Crippen LogP contribution in [0.4, 0.5) is 0 Å². The van der Waals surface area contributed by atoms with Gasteiger partial charge < -0.3 is 20.7 Å². The second-order valence-corrected chi connectivity index (χ2v) is 4.93. The Morgan fingerprint density at radius 3 is 2.30 bits per heavy atom. The topological polar surface area (TPSA) is 123 Å². The quantitative estimate of drug-likeness (QED) is 0.385. The minimum absolute atomic E-state index is 0.181. The lowest BCUT2D eigenvalue weighted by Crippen LogP contribution is -3.07. The number of amides is 1. The lowest BCUT2D eigenvalue weighted by Gasteiger charge is -2.31. The minimum Gasteiger partial charge on any atom is -0.599 e. The molecular weight excluding hydrogens is 268 g/mol. The highest BCUT2D eigenvalue weighted by molar-refractivity contribution is 5.77. The molecule has 0 spiro atoms. The van der Waals surface area contributed by atoms with Crippen LogP contribution in [-0.2, 0) is 14.4 Å². The Morgan fingerprint density at radius 2 is 1.95 bits per heavy atom. The van der Waals surface area contributed by atoms with Gasteiger partial charge in [-0.15, -0.1) is 0 Å². The van der Waals surface area contributed by atoms with Crippen molar-refractivity contribution < 1.29 is 29.9 Å². The number of hydroxylamine groups is 2. The van der Waals surface area contributed by atoms with Crippen LogP contribution in [0.5, 0.6) is 0 Å². The summed E-state index contributed by atoms with van der Waals surface area (Å²) >= 11 is 0. The summed E-state index contributed by atoms with van der Waals surface area (Å²) in [5.41, 5.74) is 0. The van der Waals surface area contributed by atoms with E-state index >= 15 is 0 Å². The molecule has 118 valence electrons. The molecule has 4 atom stereocenters. The first-order chi connectivity index (χ1) is 9.24. The number of quaternary nitrogens is 1. The van der Waals surface area contributed by atoms with Crippen LogP contribution in [0.15, 0.2) is 0 Å². The standard InChI is InChI=1S/C12H24N2O6/c1-5-8(12(17)18)11(16)10(7(2)3)13-9(15)6-14(19)20-4/h7-8,10-11,14,16H,5-6H2,1-4H3,(H,13,15)(H,17,18). The molecule has 20 heavy (non-hydrogen) atoms. The predicted molar refractivity (Wildman–Crippen MR) is 70.4 cm³/mol. The summed E-state index contributed by atoms with van der Waals surface area (Å²) in [5.74, 6) is -2.87. The molecule has 0 aromatic carbocycles. The van der Waals surface area contributed by atoms with Crippen LogP contribution in [0.3, 0.4) is 0 Å². The van der Waals surface area contributed by atoms with Crippen LogP contribution in [0.2, 0.25) is 0 Å². The van der Waals surface area contributed by atoms with Crippen molar-refractivity contribution in [1.82, 2.24) is 5.32 Å². The Bertz CT molecular complexity index is 323. The van der Waals surface area contributed by atoms with Crippen molar-refractivity contribution in [2.45, 2.75) is 39.3 Å². The third-order valence-corrected chi connectivity index (χ3v) is 3.12. The van der Waals surface area contributed by atoms with Gasteiger partial charge in [-0.05, 0) is 12.3 Å². The lowest BCUT2D eigenvalue weighted by atomic mass is 9.88. The number of hydrogen-bond donors (Lipinski definition) is 4. The summed E-state index contributed by atoms with van der Waals surface area (Å²) in [7, 11) is 1.17. The van der Waals surface area contributed by atoms with Gasteiger partial charge in [-0.25, -0.2) is 10.1 Å². The van der Waals surface area contributed by atoms with E-state index in [0.717, 1.165) is 0 Å². The van der Waals surface area contributed by atoms with Crippen LogP contribution < -0.4 is 10.5 Å². The highest BCUT2D eigenvalue weighted by Crippen LogP contribution is 2.17.